The molecule has 45 heavy (non-hydrogen) atoms. The van der Waals surface area contributed by atoms with E-state index in [4.69, 9.17) is 20.4 Å². The normalized spacial score (nSPS) is 23.0. The molecule has 6 heterocycles. The number of aromatic nitrogens is 5. The lowest BCUT2D eigenvalue weighted by Crippen LogP contribution is -2.45. The molecule has 2 unspecified atom stereocenters. The third kappa shape index (κ3) is 4.25. The smallest absolute Gasteiger partial charge is 0.254 e. The second-order valence-corrected chi connectivity index (χ2v) is 13.5. The third-order valence-corrected chi connectivity index (χ3v) is 10.8. The van der Waals surface area contributed by atoms with E-state index in [-0.39, 0.29) is 18.0 Å². The zero-order chi connectivity index (χ0) is 30.4. The molecule has 2 aliphatic heterocycles. The number of carbonyl (C=O) groups excluding carboxylic acids is 1. The number of imidazole rings is 1. The van der Waals surface area contributed by atoms with Gasteiger partial charge in [-0.25, -0.2) is 9.97 Å². The summed E-state index contributed by atoms with van der Waals surface area (Å²) in [7, 11) is 3.69. The maximum atomic E-state index is 13.7. The molecule has 2 bridgehead atoms. The molecule has 4 aliphatic rings. The Kier molecular flexibility index (Phi) is 6.00. The fraction of sp³-hybridized carbons (Fsp3) is 0.429. The SMILES string of the molecule is COc1cc(C(=O)N2CC3CCC2[C@@H]3N)cc2nc(-c3cc4ccc(N5CC(c6cccnc6)C5)nc4n3CC3CC3)n(C)c12. The van der Waals surface area contributed by atoms with Gasteiger partial charge in [0.1, 0.15) is 22.7 Å². The molecule has 4 fully saturated rings. The van der Waals surface area contributed by atoms with E-state index in [0.29, 0.717) is 29.1 Å². The summed E-state index contributed by atoms with van der Waals surface area (Å²) in [5, 5.41) is 1.11. The number of nitrogens with zero attached hydrogens (tertiary/aromatic N) is 7. The summed E-state index contributed by atoms with van der Waals surface area (Å²) < 4.78 is 10.3. The Morgan fingerprint density at radius 2 is 1.91 bits per heavy atom. The quantitative estimate of drug-likeness (QED) is 0.291. The minimum atomic E-state index is 0.0152. The zero-order valence-electron chi connectivity index (χ0n) is 25.8. The molecule has 2 saturated heterocycles. The average molecular weight is 603 g/mol. The number of hydrogen-bond acceptors (Lipinski definition) is 7. The first-order chi connectivity index (χ1) is 22.0. The number of carbonyl (C=O) groups is 1. The van der Waals surface area contributed by atoms with Crippen LogP contribution in [0.4, 0.5) is 5.82 Å². The highest BCUT2D eigenvalue weighted by Crippen LogP contribution is 2.41. The van der Waals surface area contributed by atoms with Crippen LogP contribution in [0.25, 0.3) is 33.6 Å². The maximum absolute atomic E-state index is 13.7. The van der Waals surface area contributed by atoms with Gasteiger partial charge in [-0.1, -0.05) is 6.07 Å². The summed E-state index contributed by atoms with van der Waals surface area (Å²) in [4.78, 5) is 32.7. The van der Waals surface area contributed by atoms with Gasteiger partial charge in [-0.3, -0.25) is 9.78 Å². The summed E-state index contributed by atoms with van der Waals surface area (Å²) in [6.07, 6.45) is 8.37. The van der Waals surface area contributed by atoms with Crippen LogP contribution in [-0.2, 0) is 13.6 Å². The second-order valence-electron chi connectivity index (χ2n) is 13.5. The van der Waals surface area contributed by atoms with Crippen LogP contribution in [-0.4, -0.2) is 73.7 Å². The Balaban J connectivity index is 1.09. The van der Waals surface area contributed by atoms with Crippen molar-refractivity contribution in [3.63, 3.8) is 0 Å². The van der Waals surface area contributed by atoms with Crippen LogP contribution >= 0.6 is 0 Å². The van der Waals surface area contributed by atoms with Crippen molar-refractivity contribution >= 4 is 33.8 Å². The van der Waals surface area contributed by atoms with Crippen LogP contribution in [0.5, 0.6) is 5.75 Å². The molecule has 9 rings (SSSR count). The molecule has 2 N–H and O–H groups in total. The molecule has 1 amide bonds. The molecule has 10 nitrogen and oxygen atoms in total. The van der Waals surface area contributed by atoms with Gasteiger partial charge in [0.25, 0.3) is 5.91 Å². The van der Waals surface area contributed by atoms with Crippen LogP contribution in [0.3, 0.4) is 0 Å². The number of benzene rings is 1. The number of ether oxygens (including phenoxy) is 1. The lowest BCUT2D eigenvalue weighted by molar-refractivity contribution is 0.0700. The van der Waals surface area contributed by atoms with Gasteiger partial charge in [0.2, 0.25) is 0 Å². The molecule has 0 radical (unpaired) electrons. The minimum Gasteiger partial charge on any atom is -0.494 e. The number of hydrogen-bond donors (Lipinski definition) is 1. The van der Waals surface area contributed by atoms with Crippen molar-refractivity contribution in [2.24, 2.45) is 24.6 Å². The van der Waals surface area contributed by atoms with E-state index in [1.54, 1.807) is 7.11 Å². The average Bonchev–Trinajstić information content (AvgIpc) is 3.44. The van der Waals surface area contributed by atoms with E-state index >= 15 is 0 Å². The van der Waals surface area contributed by atoms with Crippen LogP contribution in [0.15, 0.2) is 54.9 Å². The second kappa shape index (κ2) is 10.0. The number of pyridine rings is 2. The Morgan fingerprint density at radius 1 is 1.04 bits per heavy atom. The zero-order valence-corrected chi connectivity index (χ0v) is 25.8. The third-order valence-electron chi connectivity index (χ3n) is 10.8. The van der Waals surface area contributed by atoms with E-state index in [9.17, 15) is 4.79 Å². The van der Waals surface area contributed by atoms with Gasteiger partial charge in [-0.2, -0.15) is 0 Å². The Labute approximate surface area is 261 Å². The summed E-state index contributed by atoms with van der Waals surface area (Å²) in [6.45, 7) is 3.53. The molecule has 5 aromatic rings. The number of amides is 1. The van der Waals surface area contributed by atoms with E-state index < -0.39 is 0 Å². The van der Waals surface area contributed by atoms with Crippen molar-refractivity contribution in [3.05, 3.63) is 66.0 Å². The van der Waals surface area contributed by atoms with Crippen molar-refractivity contribution in [1.82, 2.24) is 29.0 Å². The topological polar surface area (TPSA) is 107 Å². The molecule has 10 heteroatoms. The summed E-state index contributed by atoms with van der Waals surface area (Å²) in [5.74, 6) is 4.05. The molecule has 230 valence electrons. The van der Waals surface area contributed by atoms with Crippen molar-refractivity contribution in [2.45, 2.75) is 50.2 Å². The molecule has 2 aliphatic carbocycles. The van der Waals surface area contributed by atoms with Gasteiger partial charge in [-0.05, 0) is 79.5 Å². The van der Waals surface area contributed by atoms with Gasteiger partial charge in [0, 0.05) is 74.6 Å². The van der Waals surface area contributed by atoms with E-state index in [2.05, 4.69) is 43.3 Å². The number of methoxy groups -OCH3 is 1. The maximum Gasteiger partial charge on any atom is 0.254 e. The summed E-state index contributed by atoms with van der Waals surface area (Å²) in [6, 6.07) is 14.7. The van der Waals surface area contributed by atoms with Gasteiger partial charge in [-0.15, -0.1) is 0 Å². The van der Waals surface area contributed by atoms with E-state index in [1.165, 1.54) is 18.4 Å². The lowest BCUT2D eigenvalue weighted by atomic mass is 9.93. The van der Waals surface area contributed by atoms with Crippen molar-refractivity contribution in [2.75, 3.05) is 31.6 Å². The Bertz CT molecular complexity index is 1960. The monoisotopic (exact) mass is 602 g/mol. The first-order valence-electron chi connectivity index (χ1n) is 16.2. The standard InChI is InChI=1S/C35H38N8O2/c1-40-32-26(12-24(14-29(32)45-2)35(44)43-19-23-7-9-27(43)31(23)36)38-34(40)28-13-21-8-10-30(39-33(21)42(28)16-20-5-6-20)41-17-25(18-41)22-4-3-11-37-15-22/h3-4,8,10-15,20,23,25,27,31H,5-7,9,16-19,36H2,1-2H3/t23?,27?,31-/m1/s1. The van der Waals surface area contributed by atoms with Crippen molar-refractivity contribution in [1.29, 1.82) is 0 Å². The fourth-order valence-corrected chi connectivity index (χ4v) is 7.98. The molecule has 3 atom stereocenters. The Hall–Kier alpha value is -4.44. The lowest BCUT2D eigenvalue weighted by Gasteiger charge is -2.40. The van der Waals surface area contributed by atoms with E-state index in [1.807, 2.05) is 42.5 Å². The predicted molar refractivity (Wildman–Crippen MR) is 173 cm³/mol. The predicted octanol–water partition coefficient (Wildman–Crippen LogP) is 4.57. The first-order valence-corrected chi connectivity index (χ1v) is 16.2. The van der Waals surface area contributed by atoms with Crippen molar-refractivity contribution in [3.8, 4) is 17.3 Å². The number of piperidine rings is 1. The molecule has 4 aromatic heterocycles. The van der Waals surface area contributed by atoms with Crippen LogP contribution in [0.2, 0.25) is 0 Å². The van der Waals surface area contributed by atoms with Crippen LogP contribution in [0.1, 0.15) is 47.5 Å². The molecule has 2 saturated carbocycles. The number of aryl methyl sites for hydroxylation is 1. The molecule has 1 aromatic carbocycles. The highest BCUT2D eigenvalue weighted by atomic mass is 16.5. The number of rotatable bonds is 7. The number of anilines is 1. The molecular formula is C35H38N8O2. The van der Waals surface area contributed by atoms with Gasteiger partial charge >= 0.3 is 0 Å². The minimum absolute atomic E-state index is 0.0152. The highest BCUT2D eigenvalue weighted by Gasteiger charge is 2.47. The highest BCUT2D eigenvalue weighted by molar-refractivity contribution is 6.00. The molecule has 0 spiro atoms. The van der Waals surface area contributed by atoms with Gasteiger partial charge in [0.15, 0.2) is 5.82 Å². The molecular weight excluding hydrogens is 564 g/mol. The van der Waals surface area contributed by atoms with E-state index in [0.717, 1.165) is 78.4 Å². The number of fused-ring (bicyclic) bond motifs is 4. The first kappa shape index (κ1) is 26.9. The largest absolute Gasteiger partial charge is 0.494 e. The van der Waals surface area contributed by atoms with Crippen molar-refractivity contribution < 1.29 is 9.53 Å². The van der Waals surface area contributed by atoms with Gasteiger partial charge < -0.3 is 29.4 Å². The summed E-state index contributed by atoms with van der Waals surface area (Å²) in [5.41, 5.74) is 12.0. The van der Waals surface area contributed by atoms with Crippen LogP contribution < -0.4 is 15.4 Å². The number of likely N-dealkylation sites (tertiary alicyclic amines) is 1. The Morgan fingerprint density at radius 3 is 2.62 bits per heavy atom. The van der Waals surface area contributed by atoms with Crippen LogP contribution in [0, 0.1) is 11.8 Å². The fourth-order valence-electron chi connectivity index (χ4n) is 7.98. The summed E-state index contributed by atoms with van der Waals surface area (Å²) >= 11 is 0. The van der Waals surface area contributed by atoms with Gasteiger partial charge in [0.05, 0.1) is 18.3 Å². The number of nitrogens with two attached hydrogens (primary N) is 1.